The van der Waals surface area contributed by atoms with E-state index in [1.54, 1.807) is 0 Å². The lowest BCUT2D eigenvalue weighted by Gasteiger charge is -2.04. The third-order valence-electron chi connectivity index (χ3n) is 2.17. The number of hydrogen-bond acceptors (Lipinski definition) is 3. The number of aromatic carboxylic acids is 1. The molecule has 5 nitrogen and oxygen atoms in total. The zero-order chi connectivity index (χ0) is 11.9. The molecular formula is C10H6BrNO4. The van der Waals surface area contributed by atoms with E-state index in [0.29, 0.717) is 0 Å². The number of aromatic amines is 1. The van der Waals surface area contributed by atoms with Gasteiger partial charge in [-0.15, -0.1) is 0 Å². The molecule has 0 radical (unpaired) electrons. The quantitative estimate of drug-likeness (QED) is 0.743. The molecule has 3 N–H and O–H groups in total. The smallest absolute Gasteiger partial charge is 0.353 e. The Bertz CT molecular complexity index is 647. The number of phenolic OH excluding ortho intramolecular Hbond substituents is 1. The number of halogens is 1. The maximum atomic E-state index is 11.8. The first kappa shape index (κ1) is 10.7. The molecule has 0 unspecified atom stereocenters. The van der Waals surface area contributed by atoms with Crippen LogP contribution < -0.4 is 5.43 Å². The Labute approximate surface area is 97.5 Å². The first-order valence-electron chi connectivity index (χ1n) is 4.29. The van der Waals surface area contributed by atoms with Crippen molar-refractivity contribution in [2.75, 3.05) is 0 Å². The standard InChI is InChI=1S/C10H6BrNO4/c11-6-8(10(15)16)12-7-4(9(6)14)2-1-3-5(7)13/h1-3,13H,(H,12,14)(H,15,16). The topological polar surface area (TPSA) is 90.4 Å². The predicted octanol–water partition coefficient (Wildman–Crippen LogP) is 1.69. The molecule has 6 heteroatoms. The average molecular weight is 284 g/mol. The molecule has 0 atom stereocenters. The summed E-state index contributed by atoms with van der Waals surface area (Å²) in [7, 11) is 0. The van der Waals surface area contributed by atoms with Crippen molar-refractivity contribution in [3.63, 3.8) is 0 Å². The van der Waals surface area contributed by atoms with Crippen molar-refractivity contribution in [3.05, 3.63) is 38.6 Å². The lowest BCUT2D eigenvalue weighted by Crippen LogP contribution is -2.12. The van der Waals surface area contributed by atoms with Crippen LogP contribution in [0.25, 0.3) is 10.9 Å². The fraction of sp³-hybridized carbons (Fsp3) is 0. The van der Waals surface area contributed by atoms with E-state index >= 15 is 0 Å². The Morgan fingerprint density at radius 3 is 2.69 bits per heavy atom. The summed E-state index contributed by atoms with van der Waals surface area (Å²) in [5.41, 5.74) is -0.630. The minimum absolute atomic E-state index is 0.0573. The van der Waals surface area contributed by atoms with Crippen LogP contribution in [0.5, 0.6) is 5.75 Å². The number of aromatic hydroxyl groups is 1. The van der Waals surface area contributed by atoms with Crippen molar-refractivity contribution < 1.29 is 15.0 Å². The first-order valence-corrected chi connectivity index (χ1v) is 5.08. The summed E-state index contributed by atoms with van der Waals surface area (Å²) < 4.78 is -0.0573. The van der Waals surface area contributed by atoms with Gasteiger partial charge < -0.3 is 15.2 Å². The normalized spacial score (nSPS) is 10.6. The third-order valence-corrected chi connectivity index (χ3v) is 2.93. The van der Waals surface area contributed by atoms with Crippen LogP contribution in [0.3, 0.4) is 0 Å². The molecule has 1 aromatic heterocycles. The number of pyridine rings is 1. The lowest BCUT2D eigenvalue weighted by atomic mass is 10.2. The number of benzene rings is 1. The number of para-hydroxylation sites is 1. The van der Waals surface area contributed by atoms with Crippen molar-refractivity contribution in [2.45, 2.75) is 0 Å². The van der Waals surface area contributed by atoms with Crippen molar-refractivity contribution in [3.8, 4) is 5.75 Å². The summed E-state index contributed by atoms with van der Waals surface area (Å²) in [5.74, 6) is -1.43. The van der Waals surface area contributed by atoms with Crippen molar-refractivity contribution in [1.82, 2.24) is 4.98 Å². The molecule has 0 bridgehead atoms. The summed E-state index contributed by atoms with van der Waals surface area (Å²) in [6.45, 7) is 0. The zero-order valence-electron chi connectivity index (χ0n) is 7.82. The van der Waals surface area contributed by atoms with Gasteiger partial charge in [0.2, 0.25) is 5.43 Å². The Balaban J connectivity index is 3.01. The van der Waals surface area contributed by atoms with Gasteiger partial charge in [-0.25, -0.2) is 4.79 Å². The molecule has 0 fully saturated rings. The van der Waals surface area contributed by atoms with E-state index < -0.39 is 11.4 Å². The van der Waals surface area contributed by atoms with Crippen LogP contribution in [-0.4, -0.2) is 21.2 Å². The number of rotatable bonds is 1. The number of aromatic nitrogens is 1. The number of hydrogen-bond donors (Lipinski definition) is 3. The van der Waals surface area contributed by atoms with Gasteiger partial charge in [-0.2, -0.15) is 0 Å². The van der Waals surface area contributed by atoms with Crippen LogP contribution in [0.4, 0.5) is 0 Å². The highest BCUT2D eigenvalue weighted by atomic mass is 79.9. The molecule has 2 aromatic rings. The molecule has 0 saturated heterocycles. The van der Waals surface area contributed by atoms with Crippen LogP contribution in [0.1, 0.15) is 10.5 Å². The summed E-state index contributed by atoms with van der Waals surface area (Å²) in [6.07, 6.45) is 0. The van der Waals surface area contributed by atoms with E-state index in [2.05, 4.69) is 20.9 Å². The number of carboxylic acids is 1. The molecule has 0 spiro atoms. The minimum atomic E-state index is -1.27. The van der Waals surface area contributed by atoms with Gasteiger partial charge in [0.25, 0.3) is 0 Å². The van der Waals surface area contributed by atoms with Crippen LogP contribution in [0.15, 0.2) is 27.5 Å². The van der Waals surface area contributed by atoms with Crippen LogP contribution in [0.2, 0.25) is 0 Å². The molecule has 1 heterocycles. The summed E-state index contributed by atoms with van der Waals surface area (Å²) >= 11 is 2.92. The second-order valence-corrected chi connectivity index (χ2v) is 3.94. The predicted molar refractivity (Wildman–Crippen MR) is 60.9 cm³/mol. The Hall–Kier alpha value is -1.82. The highest BCUT2D eigenvalue weighted by Crippen LogP contribution is 2.23. The molecule has 0 saturated carbocycles. The van der Waals surface area contributed by atoms with Crippen LogP contribution in [-0.2, 0) is 0 Å². The number of H-pyrrole nitrogens is 1. The highest BCUT2D eigenvalue weighted by molar-refractivity contribution is 9.10. The monoisotopic (exact) mass is 283 g/mol. The van der Waals surface area contributed by atoms with Gasteiger partial charge in [-0.1, -0.05) is 6.07 Å². The fourth-order valence-corrected chi connectivity index (χ4v) is 1.90. The maximum Gasteiger partial charge on any atom is 0.353 e. The minimum Gasteiger partial charge on any atom is -0.506 e. The molecular weight excluding hydrogens is 278 g/mol. The second kappa shape index (κ2) is 3.64. The SMILES string of the molecule is O=C(O)c1[nH]c2c(O)cccc2c(=O)c1Br. The number of fused-ring (bicyclic) bond motifs is 1. The van der Waals surface area contributed by atoms with Crippen molar-refractivity contribution in [2.24, 2.45) is 0 Å². The second-order valence-electron chi connectivity index (χ2n) is 3.15. The van der Waals surface area contributed by atoms with Gasteiger partial charge >= 0.3 is 5.97 Å². The van der Waals surface area contributed by atoms with Gasteiger partial charge in [0.1, 0.15) is 11.4 Å². The van der Waals surface area contributed by atoms with Crippen molar-refractivity contribution in [1.29, 1.82) is 0 Å². The third kappa shape index (κ3) is 1.47. The van der Waals surface area contributed by atoms with E-state index in [9.17, 15) is 14.7 Å². The first-order chi connectivity index (χ1) is 7.52. The van der Waals surface area contributed by atoms with Gasteiger partial charge in [0.05, 0.1) is 15.4 Å². The Morgan fingerprint density at radius 1 is 1.38 bits per heavy atom. The average Bonchev–Trinajstić information content (AvgIpc) is 2.23. The molecule has 1 aromatic carbocycles. The Morgan fingerprint density at radius 2 is 2.06 bits per heavy atom. The fourth-order valence-electron chi connectivity index (χ4n) is 1.42. The van der Waals surface area contributed by atoms with E-state index in [-0.39, 0.29) is 26.8 Å². The highest BCUT2D eigenvalue weighted by Gasteiger charge is 2.16. The summed E-state index contributed by atoms with van der Waals surface area (Å²) in [4.78, 5) is 25.1. The van der Waals surface area contributed by atoms with Crippen LogP contribution >= 0.6 is 15.9 Å². The number of carbonyl (C=O) groups is 1. The molecule has 0 aliphatic heterocycles. The maximum absolute atomic E-state index is 11.8. The molecule has 0 amide bonds. The van der Waals surface area contributed by atoms with Gasteiger partial charge in [0, 0.05) is 0 Å². The van der Waals surface area contributed by atoms with Crippen molar-refractivity contribution >= 4 is 32.8 Å². The van der Waals surface area contributed by atoms with E-state index in [1.807, 2.05) is 0 Å². The number of carboxylic acid groups (broad SMARTS) is 1. The van der Waals surface area contributed by atoms with Gasteiger partial charge in [-0.3, -0.25) is 4.79 Å². The van der Waals surface area contributed by atoms with Crippen LogP contribution in [0, 0.1) is 0 Å². The molecule has 82 valence electrons. The molecule has 0 aliphatic rings. The number of phenols is 1. The Kier molecular flexibility index (Phi) is 2.43. The van der Waals surface area contributed by atoms with E-state index in [4.69, 9.17) is 5.11 Å². The lowest BCUT2D eigenvalue weighted by molar-refractivity contribution is 0.0689. The molecule has 2 rings (SSSR count). The zero-order valence-corrected chi connectivity index (χ0v) is 9.41. The van der Waals surface area contributed by atoms with E-state index in [0.717, 1.165) is 0 Å². The summed E-state index contributed by atoms with van der Waals surface area (Å²) in [5, 5.41) is 18.6. The molecule has 0 aliphatic carbocycles. The number of nitrogens with one attached hydrogen (secondary N) is 1. The summed E-state index contributed by atoms with van der Waals surface area (Å²) in [6, 6.07) is 4.39. The largest absolute Gasteiger partial charge is 0.506 e. The molecule has 16 heavy (non-hydrogen) atoms. The van der Waals surface area contributed by atoms with Gasteiger partial charge in [-0.05, 0) is 28.1 Å². The van der Waals surface area contributed by atoms with E-state index in [1.165, 1.54) is 18.2 Å². The van der Waals surface area contributed by atoms with Gasteiger partial charge in [0.15, 0.2) is 0 Å².